The highest BCUT2D eigenvalue weighted by Crippen LogP contribution is 2.13. The van der Waals surface area contributed by atoms with E-state index in [2.05, 4.69) is 10.1 Å². The van der Waals surface area contributed by atoms with Crippen molar-refractivity contribution < 1.29 is 26.3 Å². The van der Waals surface area contributed by atoms with Crippen molar-refractivity contribution in [1.82, 2.24) is 5.32 Å². The van der Waals surface area contributed by atoms with Crippen molar-refractivity contribution in [3.05, 3.63) is 0 Å². The van der Waals surface area contributed by atoms with Gasteiger partial charge < -0.3 is 10.1 Å². The first-order valence-corrected chi connectivity index (χ1v) is 7.14. The highest BCUT2D eigenvalue weighted by Gasteiger charge is 2.27. The maximum absolute atomic E-state index is 11.6. The molecule has 0 atom stereocenters. The lowest BCUT2D eigenvalue weighted by molar-refractivity contribution is -0.173. The Hall–Kier alpha value is -0.340. The number of halogens is 3. The predicted octanol–water partition coefficient (Wildman–Crippen LogP) is 0.980. The SMILES string of the molecule is CCCS(=O)(=O)CCNCCOCC(F)(F)F. The monoisotopic (exact) mass is 277 g/mol. The third-order valence-electron chi connectivity index (χ3n) is 1.79. The molecule has 0 aliphatic rings. The van der Waals surface area contributed by atoms with Gasteiger partial charge in [-0.15, -0.1) is 0 Å². The normalized spacial score (nSPS) is 12.9. The van der Waals surface area contributed by atoms with Gasteiger partial charge in [0, 0.05) is 18.8 Å². The van der Waals surface area contributed by atoms with Crippen molar-refractivity contribution in [3.8, 4) is 0 Å². The molecule has 17 heavy (non-hydrogen) atoms. The van der Waals surface area contributed by atoms with Gasteiger partial charge in [-0.1, -0.05) is 6.92 Å². The Bertz CT molecular complexity index is 290. The summed E-state index contributed by atoms with van der Waals surface area (Å²) in [6.45, 7) is 0.849. The summed E-state index contributed by atoms with van der Waals surface area (Å²) in [5.41, 5.74) is 0. The van der Waals surface area contributed by atoms with Gasteiger partial charge in [0.1, 0.15) is 6.61 Å². The van der Waals surface area contributed by atoms with Crippen molar-refractivity contribution in [2.45, 2.75) is 19.5 Å². The van der Waals surface area contributed by atoms with Crippen LogP contribution in [0.4, 0.5) is 13.2 Å². The van der Waals surface area contributed by atoms with Crippen LogP contribution in [-0.2, 0) is 14.6 Å². The molecule has 4 nitrogen and oxygen atoms in total. The summed E-state index contributed by atoms with van der Waals surface area (Å²) in [6.07, 6.45) is -3.75. The van der Waals surface area contributed by atoms with Crippen LogP contribution in [0, 0.1) is 0 Å². The van der Waals surface area contributed by atoms with Crippen molar-refractivity contribution in [3.63, 3.8) is 0 Å². The molecule has 0 aromatic rings. The van der Waals surface area contributed by atoms with E-state index in [1.54, 1.807) is 6.92 Å². The Balaban J connectivity index is 3.42. The van der Waals surface area contributed by atoms with Crippen LogP contribution in [0.1, 0.15) is 13.3 Å². The molecule has 0 spiro atoms. The van der Waals surface area contributed by atoms with Crippen LogP contribution in [0.2, 0.25) is 0 Å². The van der Waals surface area contributed by atoms with Gasteiger partial charge in [0.25, 0.3) is 0 Å². The van der Waals surface area contributed by atoms with Crippen LogP contribution in [0.5, 0.6) is 0 Å². The number of ether oxygens (including phenoxy) is 1. The fraction of sp³-hybridized carbons (Fsp3) is 1.00. The molecule has 0 rings (SSSR count). The van der Waals surface area contributed by atoms with Crippen LogP contribution in [0.25, 0.3) is 0 Å². The molecule has 0 bridgehead atoms. The molecule has 0 aliphatic carbocycles. The Kier molecular flexibility index (Phi) is 7.73. The summed E-state index contributed by atoms with van der Waals surface area (Å²) >= 11 is 0. The molecule has 0 saturated heterocycles. The van der Waals surface area contributed by atoms with E-state index in [1.807, 2.05) is 0 Å². The fourth-order valence-corrected chi connectivity index (χ4v) is 2.38. The second kappa shape index (κ2) is 7.88. The number of nitrogens with one attached hydrogen (secondary N) is 1. The third kappa shape index (κ3) is 11.9. The standard InChI is InChI=1S/C9H18F3NO3S/c1-2-6-17(14,15)7-4-13-3-5-16-8-9(10,11)12/h13H,2-8H2,1H3. The van der Waals surface area contributed by atoms with Gasteiger partial charge in [-0.25, -0.2) is 8.42 Å². The molecular formula is C9H18F3NO3S. The zero-order chi connectivity index (χ0) is 13.4. The average Bonchev–Trinajstić information content (AvgIpc) is 2.14. The quantitative estimate of drug-likeness (QED) is 0.638. The van der Waals surface area contributed by atoms with Crippen molar-refractivity contribution in [2.75, 3.05) is 37.8 Å². The number of hydrogen-bond acceptors (Lipinski definition) is 4. The first kappa shape index (κ1) is 16.7. The van der Waals surface area contributed by atoms with E-state index < -0.39 is 22.6 Å². The average molecular weight is 277 g/mol. The van der Waals surface area contributed by atoms with Gasteiger partial charge in [0.2, 0.25) is 0 Å². The molecule has 0 aromatic carbocycles. The Morgan fingerprint density at radius 1 is 1.18 bits per heavy atom. The highest BCUT2D eigenvalue weighted by molar-refractivity contribution is 7.91. The van der Waals surface area contributed by atoms with Gasteiger partial charge in [0.15, 0.2) is 9.84 Å². The van der Waals surface area contributed by atoms with Crippen LogP contribution in [-0.4, -0.2) is 52.4 Å². The molecule has 0 aromatic heterocycles. The maximum atomic E-state index is 11.6. The van der Waals surface area contributed by atoms with Crippen LogP contribution < -0.4 is 5.32 Å². The first-order valence-electron chi connectivity index (χ1n) is 5.32. The van der Waals surface area contributed by atoms with E-state index in [4.69, 9.17) is 0 Å². The Morgan fingerprint density at radius 2 is 1.82 bits per heavy atom. The topological polar surface area (TPSA) is 55.4 Å². The first-order chi connectivity index (χ1) is 7.77. The number of hydrogen-bond donors (Lipinski definition) is 1. The van der Waals surface area contributed by atoms with Crippen molar-refractivity contribution in [2.24, 2.45) is 0 Å². The molecule has 0 unspecified atom stereocenters. The van der Waals surface area contributed by atoms with Crippen molar-refractivity contribution >= 4 is 9.84 Å². The van der Waals surface area contributed by atoms with E-state index in [0.29, 0.717) is 6.42 Å². The number of rotatable bonds is 9. The molecular weight excluding hydrogens is 259 g/mol. The summed E-state index contributed by atoms with van der Waals surface area (Å²) in [4.78, 5) is 0. The van der Waals surface area contributed by atoms with Crippen LogP contribution in [0.15, 0.2) is 0 Å². The molecule has 1 N–H and O–H groups in total. The second-order valence-corrected chi connectivity index (χ2v) is 5.87. The Labute approximate surface area is 99.4 Å². The molecule has 0 heterocycles. The summed E-state index contributed by atoms with van der Waals surface area (Å²) in [5.74, 6) is 0.138. The van der Waals surface area contributed by atoms with Crippen molar-refractivity contribution in [1.29, 1.82) is 0 Å². The minimum atomic E-state index is -4.32. The van der Waals surface area contributed by atoms with Gasteiger partial charge in [-0.2, -0.15) is 13.2 Å². The van der Waals surface area contributed by atoms with Gasteiger partial charge in [-0.3, -0.25) is 0 Å². The van der Waals surface area contributed by atoms with E-state index in [-0.39, 0.29) is 31.2 Å². The second-order valence-electron chi connectivity index (χ2n) is 3.57. The van der Waals surface area contributed by atoms with E-state index >= 15 is 0 Å². The summed E-state index contributed by atoms with van der Waals surface area (Å²) in [6, 6.07) is 0. The summed E-state index contributed by atoms with van der Waals surface area (Å²) in [7, 11) is -3.03. The Morgan fingerprint density at radius 3 is 2.35 bits per heavy atom. The molecule has 104 valence electrons. The van der Waals surface area contributed by atoms with Gasteiger partial charge in [-0.05, 0) is 6.42 Å². The largest absolute Gasteiger partial charge is 0.411 e. The molecule has 8 heteroatoms. The number of sulfone groups is 1. The molecule has 0 saturated carbocycles. The van der Waals surface area contributed by atoms with E-state index in [0.717, 1.165) is 0 Å². The van der Waals surface area contributed by atoms with Crippen LogP contribution in [0.3, 0.4) is 0 Å². The third-order valence-corrected chi connectivity index (χ3v) is 3.65. The lowest BCUT2D eigenvalue weighted by Crippen LogP contribution is -2.28. The summed E-state index contributed by atoms with van der Waals surface area (Å²) in [5, 5.41) is 2.71. The molecule has 0 radical (unpaired) electrons. The zero-order valence-corrected chi connectivity index (χ0v) is 10.5. The zero-order valence-electron chi connectivity index (χ0n) is 9.72. The fourth-order valence-electron chi connectivity index (χ4n) is 1.10. The van der Waals surface area contributed by atoms with E-state index in [1.165, 1.54) is 0 Å². The molecule has 0 fully saturated rings. The van der Waals surface area contributed by atoms with Gasteiger partial charge in [0.05, 0.1) is 12.4 Å². The number of alkyl halides is 3. The smallest absolute Gasteiger partial charge is 0.371 e. The lowest BCUT2D eigenvalue weighted by Gasteiger charge is -2.08. The van der Waals surface area contributed by atoms with E-state index in [9.17, 15) is 21.6 Å². The lowest BCUT2D eigenvalue weighted by atomic mass is 10.6. The van der Waals surface area contributed by atoms with Gasteiger partial charge >= 0.3 is 6.18 Å². The summed E-state index contributed by atoms with van der Waals surface area (Å²) < 4.78 is 61.7. The highest BCUT2D eigenvalue weighted by atomic mass is 32.2. The minimum absolute atomic E-state index is 0.000110. The predicted molar refractivity (Wildman–Crippen MR) is 58.7 cm³/mol. The maximum Gasteiger partial charge on any atom is 0.411 e. The van der Waals surface area contributed by atoms with Crippen LogP contribution >= 0.6 is 0 Å². The minimum Gasteiger partial charge on any atom is -0.371 e. The molecule has 0 aliphatic heterocycles. The molecule has 0 amide bonds.